The highest BCUT2D eigenvalue weighted by Gasteiger charge is 2.22. The van der Waals surface area contributed by atoms with Crippen molar-refractivity contribution in [2.75, 3.05) is 14.2 Å². The summed E-state index contributed by atoms with van der Waals surface area (Å²) < 4.78 is 3.86. The number of hydrogen-bond acceptors (Lipinski definition) is 3. The standard InChI is InChI=1S/C9H21N.C2H4O2/c1-8(2,3)7-9(4,5)10-6;1-4-2-3/h10H,7H2,1-6H3;2H,1H3. The van der Waals surface area contributed by atoms with Crippen LogP contribution in [0.3, 0.4) is 0 Å². The van der Waals surface area contributed by atoms with Crippen molar-refractivity contribution in [3.05, 3.63) is 0 Å². The Morgan fingerprint density at radius 1 is 1.21 bits per heavy atom. The third-order valence-corrected chi connectivity index (χ3v) is 1.75. The van der Waals surface area contributed by atoms with Crippen LogP contribution in [0.5, 0.6) is 0 Å². The van der Waals surface area contributed by atoms with Crippen LogP contribution in [-0.2, 0) is 9.53 Å². The zero-order chi connectivity index (χ0) is 11.8. The third-order valence-electron chi connectivity index (χ3n) is 1.75. The summed E-state index contributed by atoms with van der Waals surface area (Å²) in [7, 11) is 3.33. The lowest BCUT2D eigenvalue weighted by Gasteiger charge is -2.31. The number of carbonyl (C=O) groups is 1. The molecule has 0 saturated carbocycles. The van der Waals surface area contributed by atoms with Gasteiger partial charge in [0.1, 0.15) is 0 Å². The van der Waals surface area contributed by atoms with Gasteiger partial charge >= 0.3 is 0 Å². The van der Waals surface area contributed by atoms with Gasteiger partial charge in [0.15, 0.2) is 0 Å². The molecule has 0 unspecified atom stereocenters. The van der Waals surface area contributed by atoms with Crippen molar-refractivity contribution in [3.8, 4) is 0 Å². The first kappa shape index (κ1) is 15.9. The third kappa shape index (κ3) is 14.0. The Hall–Kier alpha value is -0.570. The van der Waals surface area contributed by atoms with Crippen LogP contribution in [0.4, 0.5) is 0 Å². The van der Waals surface area contributed by atoms with E-state index in [2.05, 4.69) is 44.7 Å². The van der Waals surface area contributed by atoms with Crippen molar-refractivity contribution in [3.63, 3.8) is 0 Å². The zero-order valence-corrected chi connectivity index (χ0v) is 10.6. The Morgan fingerprint density at radius 2 is 1.57 bits per heavy atom. The molecule has 0 aromatic heterocycles. The predicted molar refractivity (Wildman–Crippen MR) is 60.3 cm³/mol. The first-order valence-electron chi connectivity index (χ1n) is 4.84. The predicted octanol–water partition coefficient (Wildman–Crippen LogP) is 2.21. The van der Waals surface area contributed by atoms with Crippen molar-refractivity contribution >= 4 is 6.47 Å². The molecule has 0 aliphatic rings. The van der Waals surface area contributed by atoms with Gasteiger partial charge < -0.3 is 10.1 Å². The molecule has 0 atom stereocenters. The van der Waals surface area contributed by atoms with Crippen LogP contribution >= 0.6 is 0 Å². The summed E-state index contributed by atoms with van der Waals surface area (Å²) in [5, 5.41) is 3.30. The molecule has 14 heavy (non-hydrogen) atoms. The van der Waals surface area contributed by atoms with Gasteiger partial charge in [0.2, 0.25) is 0 Å². The maximum atomic E-state index is 8.95. The molecule has 0 aliphatic heterocycles. The van der Waals surface area contributed by atoms with Crippen molar-refractivity contribution < 1.29 is 9.53 Å². The van der Waals surface area contributed by atoms with E-state index in [1.54, 1.807) is 0 Å². The molecule has 0 heterocycles. The van der Waals surface area contributed by atoms with E-state index < -0.39 is 0 Å². The summed E-state index contributed by atoms with van der Waals surface area (Å²) in [6, 6.07) is 0. The fourth-order valence-corrected chi connectivity index (χ4v) is 1.41. The normalized spacial score (nSPS) is 11.4. The highest BCUT2D eigenvalue weighted by Crippen LogP contribution is 2.26. The van der Waals surface area contributed by atoms with Crippen LogP contribution in [-0.4, -0.2) is 26.2 Å². The second-order valence-electron chi connectivity index (χ2n) is 5.20. The fourth-order valence-electron chi connectivity index (χ4n) is 1.41. The minimum absolute atomic E-state index is 0.276. The van der Waals surface area contributed by atoms with E-state index in [4.69, 9.17) is 4.79 Å². The number of ether oxygens (including phenoxy) is 1. The summed E-state index contributed by atoms with van der Waals surface area (Å²) >= 11 is 0. The van der Waals surface area contributed by atoms with E-state index in [0.717, 1.165) is 0 Å². The van der Waals surface area contributed by atoms with E-state index in [1.807, 2.05) is 7.05 Å². The van der Waals surface area contributed by atoms with Crippen LogP contribution in [0.2, 0.25) is 0 Å². The Balaban J connectivity index is 0. The number of nitrogens with one attached hydrogen (secondary N) is 1. The van der Waals surface area contributed by atoms with E-state index in [9.17, 15) is 0 Å². The van der Waals surface area contributed by atoms with E-state index >= 15 is 0 Å². The molecule has 0 aromatic rings. The minimum atomic E-state index is 0.276. The lowest BCUT2D eigenvalue weighted by Crippen LogP contribution is -2.39. The topological polar surface area (TPSA) is 38.3 Å². The molecule has 0 rings (SSSR count). The highest BCUT2D eigenvalue weighted by molar-refractivity contribution is 5.36. The monoisotopic (exact) mass is 203 g/mol. The van der Waals surface area contributed by atoms with Gasteiger partial charge in [0.05, 0.1) is 7.11 Å². The SMILES string of the molecule is CNC(C)(C)CC(C)(C)C.COC=O. The van der Waals surface area contributed by atoms with Gasteiger partial charge in [-0.15, -0.1) is 0 Å². The molecular weight excluding hydrogens is 178 g/mol. The molecule has 1 N–H and O–H groups in total. The molecule has 0 bridgehead atoms. The van der Waals surface area contributed by atoms with Crippen molar-refractivity contribution in [2.24, 2.45) is 5.41 Å². The van der Waals surface area contributed by atoms with Crippen LogP contribution in [0.15, 0.2) is 0 Å². The van der Waals surface area contributed by atoms with Gasteiger partial charge in [0, 0.05) is 5.54 Å². The number of carbonyl (C=O) groups excluding carboxylic acids is 1. The van der Waals surface area contributed by atoms with E-state index in [1.165, 1.54) is 13.5 Å². The molecular formula is C11H25NO2. The molecule has 0 spiro atoms. The zero-order valence-electron chi connectivity index (χ0n) is 10.6. The molecule has 3 nitrogen and oxygen atoms in total. The first-order chi connectivity index (χ1) is 6.18. The Kier molecular flexibility index (Phi) is 7.74. The van der Waals surface area contributed by atoms with Crippen LogP contribution in [0, 0.1) is 5.41 Å². The number of methoxy groups -OCH3 is 1. The van der Waals surface area contributed by atoms with Gasteiger partial charge in [0.25, 0.3) is 6.47 Å². The molecule has 0 fully saturated rings. The van der Waals surface area contributed by atoms with Gasteiger partial charge in [-0.05, 0) is 32.7 Å². The van der Waals surface area contributed by atoms with Crippen molar-refractivity contribution in [1.29, 1.82) is 0 Å². The van der Waals surface area contributed by atoms with Gasteiger partial charge in [-0.25, -0.2) is 0 Å². The largest absolute Gasteiger partial charge is 0.471 e. The molecule has 0 aliphatic carbocycles. The van der Waals surface area contributed by atoms with Crippen LogP contribution < -0.4 is 5.32 Å². The summed E-state index contributed by atoms with van der Waals surface area (Å²) in [6.07, 6.45) is 1.20. The smallest absolute Gasteiger partial charge is 0.292 e. The summed E-state index contributed by atoms with van der Waals surface area (Å²) in [5.74, 6) is 0. The molecule has 0 saturated heterocycles. The summed E-state index contributed by atoms with van der Waals surface area (Å²) in [6.45, 7) is 11.7. The Bertz CT molecular complexity index is 148. The molecule has 0 aromatic carbocycles. The second kappa shape index (κ2) is 6.82. The lowest BCUT2D eigenvalue weighted by atomic mass is 9.82. The number of rotatable bonds is 3. The number of hydrogen-bond donors (Lipinski definition) is 1. The van der Waals surface area contributed by atoms with Gasteiger partial charge in [-0.3, -0.25) is 4.79 Å². The highest BCUT2D eigenvalue weighted by atomic mass is 16.5. The maximum Gasteiger partial charge on any atom is 0.292 e. The van der Waals surface area contributed by atoms with E-state index in [0.29, 0.717) is 11.9 Å². The van der Waals surface area contributed by atoms with E-state index in [-0.39, 0.29) is 5.54 Å². The fraction of sp³-hybridized carbons (Fsp3) is 0.909. The van der Waals surface area contributed by atoms with Crippen molar-refractivity contribution in [1.82, 2.24) is 5.32 Å². The van der Waals surface area contributed by atoms with Crippen molar-refractivity contribution in [2.45, 2.75) is 46.6 Å². The van der Waals surface area contributed by atoms with Gasteiger partial charge in [-0.2, -0.15) is 0 Å². The Labute approximate surface area is 88.2 Å². The first-order valence-corrected chi connectivity index (χ1v) is 4.84. The second-order valence-corrected chi connectivity index (χ2v) is 5.20. The average molecular weight is 203 g/mol. The molecule has 0 radical (unpaired) electrons. The van der Waals surface area contributed by atoms with Crippen LogP contribution in [0.25, 0.3) is 0 Å². The summed E-state index contributed by atoms with van der Waals surface area (Å²) in [5.41, 5.74) is 0.699. The molecule has 3 heteroatoms. The maximum absolute atomic E-state index is 8.95. The Morgan fingerprint density at radius 3 is 1.64 bits per heavy atom. The minimum Gasteiger partial charge on any atom is -0.471 e. The van der Waals surface area contributed by atoms with Crippen LogP contribution in [0.1, 0.15) is 41.0 Å². The quantitative estimate of drug-likeness (QED) is 0.715. The average Bonchev–Trinajstić information content (AvgIpc) is 2.01. The molecule has 0 amide bonds. The molecule has 86 valence electrons. The lowest BCUT2D eigenvalue weighted by molar-refractivity contribution is -0.126. The summed E-state index contributed by atoms with van der Waals surface area (Å²) in [4.78, 5) is 8.95. The van der Waals surface area contributed by atoms with Gasteiger partial charge in [-0.1, -0.05) is 20.8 Å².